The van der Waals surface area contributed by atoms with Gasteiger partial charge in [-0.2, -0.15) is 5.26 Å². The van der Waals surface area contributed by atoms with Gasteiger partial charge in [0, 0.05) is 31.5 Å². The van der Waals surface area contributed by atoms with Crippen LogP contribution in [0.3, 0.4) is 0 Å². The molecule has 0 aliphatic heterocycles. The molecule has 4 nitrogen and oxygen atoms in total. The molecule has 0 radical (unpaired) electrons. The van der Waals surface area contributed by atoms with E-state index in [9.17, 15) is 0 Å². The maximum absolute atomic E-state index is 8.91. The van der Waals surface area contributed by atoms with E-state index in [1.807, 2.05) is 24.3 Å². The van der Waals surface area contributed by atoms with Crippen LogP contribution in [0.4, 0.5) is 5.69 Å². The molecule has 0 amide bonds. The lowest BCUT2D eigenvalue weighted by molar-refractivity contribution is 0.789. The van der Waals surface area contributed by atoms with E-state index in [4.69, 9.17) is 11.0 Å². The molecule has 1 aromatic carbocycles. The molecule has 0 aliphatic rings. The topological polar surface area (TPSA) is 65.9 Å². The zero-order valence-electron chi connectivity index (χ0n) is 10.7. The molecule has 2 N–H and O–H groups in total. The summed E-state index contributed by atoms with van der Waals surface area (Å²) in [7, 11) is 0. The smallest absolute Gasteiger partial charge is 0.142 e. The van der Waals surface area contributed by atoms with Crippen LogP contribution in [0.25, 0.3) is 0 Å². The van der Waals surface area contributed by atoms with Gasteiger partial charge in [0.05, 0.1) is 0 Å². The molecular formula is C15H16N4. The van der Waals surface area contributed by atoms with Crippen LogP contribution in [0.5, 0.6) is 0 Å². The first-order valence-electron chi connectivity index (χ1n) is 6.18. The molecule has 0 atom stereocenters. The normalized spacial score (nSPS) is 9.89. The highest BCUT2D eigenvalue weighted by atomic mass is 15.1. The lowest BCUT2D eigenvalue weighted by Gasteiger charge is -2.24. The van der Waals surface area contributed by atoms with Crippen molar-refractivity contribution >= 4 is 5.69 Å². The Bertz CT molecular complexity index is 560. The van der Waals surface area contributed by atoms with Crippen molar-refractivity contribution in [1.82, 2.24) is 4.98 Å². The van der Waals surface area contributed by atoms with Gasteiger partial charge >= 0.3 is 0 Å². The second kappa shape index (κ2) is 6.53. The van der Waals surface area contributed by atoms with Crippen molar-refractivity contribution in [2.45, 2.75) is 6.54 Å². The van der Waals surface area contributed by atoms with Crippen molar-refractivity contribution in [2.75, 3.05) is 18.0 Å². The summed E-state index contributed by atoms with van der Waals surface area (Å²) in [5.74, 6) is 0. The highest BCUT2D eigenvalue weighted by Crippen LogP contribution is 2.17. The minimum Gasteiger partial charge on any atom is -0.366 e. The molecule has 2 rings (SSSR count). The van der Waals surface area contributed by atoms with Gasteiger partial charge in [-0.15, -0.1) is 0 Å². The quantitative estimate of drug-likeness (QED) is 0.882. The summed E-state index contributed by atoms with van der Waals surface area (Å²) in [5, 5.41) is 8.91. The molecule has 0 unspecified atom stereocenters. The number of nitriles is 1. The van der Waals surface area contributed by atoms with Crippen LogP contribution < -0.4 is 10.6 Å². The number of hydrogen-bond donors (Lipinski definition) is 1. The molecule has 96 valence electrons. The first kappa shape index (κ1) is 13.1. The highest BCUT2D eigenvalue weighted by Gasteiger charge is 2.07. The Morgan fingerprint density at radius 2 is 2.00 bits per heavy atom. The van der Waals surface area contributed by atoms with Crippen LogP contribution in [0.2, 0.25) is 0 Å². The van der Waals surface area contributed by atoms with Gasteiger partial charge in [0.2, 0.25) is 0 Å². The van der Waals surface area contributed by atoms with E-state index in [0.29, 0.717) is 12.2 Å². The summed E-state index contributed by atoms with van der Waals surface area (Å²) in [6.45, 7) is 2.08. The van der Waals surface area contributed by atoms with Crippen molar-refractivity contribution in [3.63, 3.8) is 0 Å². The summed E-state index contributed by atoms with van der Waals surface area (Å²) < 4.78 is 0. The van der Waals surface area contributed by atoms with Gasteiger partial charge in [0.25, 0.3) is 0 Å². The Hall–Kier alpha value is -2.38. The van der Waals surface area contributed by atoms with Crippen molar-refractivity contribution in [3.05, 3.63) is 59.9 Å². The molecule has 4 heteroatoms. The van der Waals surface area contributed by atoms with Crippen LogP contribution >= 0.6 is 0 Å². The lowest BCUT2D eigenvalue weighted by atomic mass is 10.2. The fraction of sp³-hybridized carbons (Fsp3) is 0.200. The summed E-state index contributed by atoms with van der Waals surface area (Å²) in [5.41, 5.74) is 8.28. The number of aromatic nitrogens is 1. The lowest BCUT2D eigenvalue weighted by Crippen LogP contribution is -2.29. The third-order valence-corrected chi connectivity index (χ3v) is 2.84. The monoisotopic (exact) mass is 252 g/mol. The summed E-state index contributed by atoms with van der Waals surface area (Å²) in [6, 6.07) is 15.9. The molecule has 1 aromatic heterocycles. The minimum absolute atomic E-state index is 0.424. The SMILES string of the molecule is N#Cc1cc(N(CCN)Cc2ccccc2)ccn1. The Morgan fingerprint density at radius 3 is 2.68 bits per heavy atom. The van der Waals surface area contributed by atoms with Crippen LogP contribution in [0.15, 0.2) is 48.7 Å². The summed E-state index contributed by atoms with van der Waals surface area (Å²) >= 11 is 0. The number of hydrogen-bond acceptors (Lipinski definition) is 4. The van der Waals surface area contributed by atoms with Gasteiger partial charge in [-0.25, -0.2) is 4.98 Å². The Kier molecular flexibility index (Phi) is 4.49. The second-order valence-corrected chi connectivity index (χ2v) is 4.21. The number of anilines is 1. The largest absolute Gasteiger partial charge is 0.366 e. The first-order valence-corrected chi connectivity index (χ1v) is 6.18. The first-order chi connectivity index (χ1) is 9.33. The van der Waals surface area contributed by atoms with E-state index < -0.39 is 0 Å². The Morgan fingerprint density at radius 1 is 1.21 bits per heavy atom. The van der Waals surface area contributed by atoms with Gasteiger partial charge in [-0.05, 0) is 17.7 Å². The fourth-order valence-corrected chi connectivity index (χ4v) is 1.94. The number of nitrogens with zero attached hydrogens (tertiary/aromatic N) is 3. The Balaban J connectivity index is 2.22. The van der Waals surface area contributed by atoms with E-state index >= 15 is 0 Å². The molecule has 0 aliphatic carbocycles. The maximum atomic E-state index is 8.91. The molecule has 2 aromatic rings. The van der Waals surface area contributed by atoms with E-state index in [2.05, 4.69) is 28.1 Å². The third kappa shape index (κ3) is 3.54. The van der Waals surface area contributed by atoms with Crippen LogP contribution in [-0.2, 0) is 6.54 Å². The van der Waals surface area contributed by atoms with Gasteiger partial charge in [-0.1, -0.05) is 30.3 Å². The van der Waals surface area contributed by atoms with Gasteiger partial charge in [0.1, 0.15) is 11.8 Å². The average molecular weight is 252 g/mol. The Labute approximate surface area is 113 Å². The second-order valence-electron chi connectivity index (χ2n) is 4.21. The maximum Gasteiger partial charge on any atom is 0.142 e. The fourth-order valence-electron chi connectivity index (χ4n) is 1.94. The van der Waals surface area contributed by atoms with Gasteiger partial charge < -0.3 is 10.6 Å². The van der Waals surface area contributed by atoms with Crippen molar-refractivity contribution < 1.29 is 0 Å². The van der Waals surface area contributed by atoms with Crippen molar-refractivity contribution in [2.24, 2.45) is 5.73 Å². The predicted octanol–water partition coefficient (Wildman–Crippen LogP) is 1.92. The van der Waals surface area contributed by atoms with E-state index in [1.165, 1.54) is 5.56 Å². The molecular weight excluding hydrogens is 236 g/mol. The van der Waals surface area contributed by atoms with Crippen molar-refractivity contribution in [1.29, 1.82) is 5.26 Å². The zero-order chi connectivity index (χ0) is 13.5. The number of rotatable bonds is 5. The number of nitrogens with two attached hydrogens (primary N) is 1. The number of pyridine rings is 1. The van der Waals surface area contributed by atoms with Crippen LogP contribution in [0.1, 0.15) is 11.3 Å². The van der Waals surface area contributed by atoms with E-state index in [1.54, 1.807) is 12.3 Å². The van der Waals surface area contributed by atoms with E-state index in [-0.39, 0.29) is 0 Å². The summed E-state index contributed by atoms with van der Waals surface area (Å²) in [4.78, 5) is 6.14. The molecule has 19 heavy (non-hydrogen) atoms. The predicted molar refractivity (Wildman–Crippen MR) is 75.5 cm³/mol. The molecule has 0 saturated carbocycles. The third-order valence-electron chi connectivity index (χ3n) is 2.84. The van der Waals surface area contributed by atoms with Gasteiger partial charge in [-0.3, -0.25) is 0 Å². The van der Waals surface area contributed by atoms with Crippen LogP contribution in [0, 0.1) is 11.3 Å². The molecule has 0 spiro atoms. The van der Waals surface area contributed by atoms with E-state index in [0.717, 1.165) is 18.8 Å². The van der Waals surface area contributed by atoms with Crippen molar-refractivity contribution in [3.8, 4) is 6.07 Å². The minimum atomic E-state index is 0.424. The molecule has 0 fully saturated rings. The molecule has 0 saturated heterocycles. The standard InChI is InChI=1S/C15H16N4/c16-7-9-19(12-13-4-2-1-3-5-13)15-6-8-18-14(10-15)11-17/h1-6,8,10H,7,9,12,16H2. The molecule has 1 heterocycles. The van der Waals surface area contributed by atoms with Crippen LogP contribution in [-0.4, -0.2) is 18.1 Å². The van der Waals surface area contributed by atoms with Gasteiger partial charge in [0.15, 0.2) is 0 Å². The highest BCUT2D eigenvalue weighted by molar-refractivity contribution is 5.49. The summed E-state index contributed by atoms with van der Waals surface area (Å²) in [6.07, 6.45) is 1.66. The average Bonchev–Trinajstić information content (AvgIpc) is 2.48. The zero-order valence-corrected chi connectivity index (χ0v) is 10.7. The molecule has 0 bridgehead atoms. The number of benzene rings is 1.